The minimum Gasteiger partial charge on any atom is -0.442 e. The van der Waals surface area contributed by atoms with Crippen LogP contribution in [0.3, 0.4) is 0 Å². The van der Waals surface area contributed by atoms with Gasteiger partial charge in [-0.1, -0.05) is 17.2 Å². The third-order valence-corrected chi connectivity index (χ3v) is 4.85. The van der Waals surface area contributed by atoms with E-state index in [4.69, 9.17) is 13.9 Å². The van der Waals surface area contributed by atoms with Crippen molar-refractivity contribution in [3.8, 4) is 11.5 Å². The van der Waals surface area contributed by atoms with Crippen LogP contribution in [-0.2, 0) is 0 Å². The van der Waals surface area contributed by atoms with Crippen molar-refractivity contribution in [1.82, 2.24) is 15.1 Å². The van der Waals surface area contributed by atoms with E-state index in [9.17, 15) is 0 Å². The average Bonchev–Trinajstić information content (AvgIpc) is 3.14. The summed E-state index contributed by atoms with van der Waals surface area (Å²) in [6, 6.07) is 8.63. The number of benzene rings is 1. The van der Waals surface area contributed by atoms with E-state index >= 15 is 0 Å². The lowest BCUT2D eigenvalue weighted by atomic mass is 10.1. The number of aromatic nitrogens is 2. The first-order chi connectivity index (χ1) is 11.4. The number of hydrogen-bond donors (Lipinski definition) is 0. The summed E-state index contributed by atoms with van der Waals surface area (Å²) in [5.41, 5.74) is 0. The molecule has 3 saturated heterocycles. The van der Waals surface area contributed by atoms with Crippen LogP contribution < -0.4 is 14.4 Å². The summed E-state index contributed by atoms with van der Waals surface area (Å²) in [5.74, 6) is 1.78. The van der Waals surface area contributed by atoms with Crippen molar-refractivity contribution in [3.63, 3.8) is 0 Å². The van der Waals surface area contributed by atoms with E-state index in [-0.39, 0.29) is 0 Å². The molecule has 0 spiro atoms. The molecule has 0 atom stereocenters. The molecule has 7 heteroatoms. The highest BCUT2D eigenvalue weighted by Crippen LogP contribution is 2.40. The van der Waals surface area contributed by atoms with E-state index < -0.39 is 6.29 Å². The molecule has 120 valence electrons. The molecule has 0 saturated carbocycles. The Morgan fingerprint density at radius 3 is 2.39 bits per heavy atom. The van der Waals surface area contributed by atoms with Crippen molar-refractivity contribution in [2.45, 2.75) is 25.2 Å². The topological polar surface area (TPSA) is 63.9 Å². The second kappa shape index (κ2) is 5.13. The fourth-order valence-electron chi connectivity index (χ4n) is 3.58. The number of anilines is 1. The van der Waals surface area contributed by atoms with Gasteiger partial charge in [-0.15, -0.1) is 5.10 Å². The largest absolute Gasteiger partial charge is 0.442 e. The van der Waals surface area contributed by atoms with Gasteiger partial charge in [0.1, 0.15) is 0 Å². The van der Waals surface area contributed by atoms with Crippen LogP contribution in [0, 0.1) is 0 Å². The lowest BCUT2D eigenvalue weighted by molar-refractivity contribution is 0.0239. The predicted molar refractivity (Wildman–Crippen MR) is 81.5 cm³/mol. The second-order valence-electron chi connectivity index (χ2n) is 6.20. The molecule has 3 fully saturated rings. The third-order valence-electron chi connectivity index (χ3n) is 4.85. The maximum absolute atomic E-state index is 5.88. The van der Waals surface area contributed by atoms with Gasteiger partial charge in [0.25, 0.3) is 5.89 Å². The summed E-state index contributed by atoms with van der Waals surface area (Å²) in [7, 11) is 0. The summed E-state index contributed by atoms with van der Waals surface area (Å²) in [6.07, 6.45) is 1.65. The van der Waals surface area contributed by atoms with E-state index in [1.807, 2.05) is 24.3 Å². The summed E-state index contributed by atoms with van der Waals surface area (Å²) in [5, 5.41) is 8.38. The molecule has 0 N–H and O–H groups in total. The number of rotatable bonds is 2. The smallest absolute Gasteiger partial charge is 0.321 e. The maximum atomic E-state index is 5.88. The standard InChI is InChI=1S/C16H18N4O3/c1-2-4-13-12(3-1)21-15(22-13)14-17-18-16(23-14)20-10-9-19-7-5-11(20)6-8-19/h1-4,11,15H,5-10H2. The monoisotopic (exact) mass is 314 g/mol. The highest BCUT2D eigenvalue weighted by molar-refractivity contribution is 5.42. The van der Waals surface area contributed by atoms with Crippen LogP contribution in [0.15, 0.2) is 28.7 Å². The van der Waals surface area contributed by atoms with Gasteiger partial charge in [0.15, 0.2) is 11.5 Å². The van der Waals surface area contributed by atoms with Crippen molar-refractivity contribution in [1.29, 1.82) is 0 Å². The van der Waals surface area contributed by atoms with Crippen molar-refractivity contribution >= 4 is 6.01 Å². The number of piperidine rings is 1. The van der Waals surface area contributed by atoms with Crippen molar-refractivity contribution in [3.05, 3.63) is 30.2 Å². The summed E-state index contributed by atoms with van der Waals surface area (Å²) >= 11 is 0. The third kappa shape index (κ3) is 2.23. The zero-order chi connectivity index (χ0) is 15.2. The summed E-state index contributed by atoms with van der Waals surface area (Å²) < 4.78 is 17.3. The van der Waals surface area contributed by atoms with Gasteiger partial charge >= 0.3 is 12.3 Å². The quantitative estimate of drug-likeness (QED) is 0.838. The van der Waals surface area contributed by atoms with E-state index in [1.165, 1.54) is 0 Å². The lowest BCUT2D eigenvalue weighted by Crippen LogP contribution is -2.38. The zero-order valence-electron chi connectivity index (χ0n) is 12.7. The first-order valence-corrected chi connectivity index (χ1v) is 8.11. The Morgan fingerprint density at radius 1 is 0.913 bits per heavy atom. The predicted octanol–water partition coefficient (Wildman–Crippen LogP) is 1.82. The molecule has 0 radical (unpaired) electrons. The highest BCUT2D eigenvalue weighted by atomic mass is 16.7. The van der Waals surface area contributed by atoms with Gasteiger partial charge in [-0.3, -0.25) is 0 Å². The van der Waals surface area contributed by atoms with Crippen molar-refractivity contribution < 1.29 is 13.9 Å². The minimum atomic E-state index is -0.652. The van der Waals surface area contributed by atoms with Gasteiger partial charge in [-0.2, -0.15) is 0 Å². The van der Waals surface area contributed by atoms with Crippen LogP contribution in [-0.4, -0.2) is 47.3 Å². The molecule has 0 aliphatic carbocycles. The van der Waals surface area contributed by atoms with E-state index in [2.05, 4.69) is 20.0 Å². The zero-order valence-corrected chi connectivity index (χ0v) is 12.7. The molecule has 7 nitrogen and oxygen atoms in total. The number of ether oxygens (including phenoxy) is 2. The molecule has 23 heavy (non-hydrogen) atoms. The summed E-state index contributed by atoms with van der Waals surface area (Å²) in [6.45, 7) is 4.30. The van der Waals surface area contributed by atoms with Gasteiger partial charge < -0.3 is 23.7 Å². The Labute approximate surface area is 133 Å². The second-order valence-corrected chi connectivity index (χ2v) is 6.20. The molecule has 2 bridgehead atoms. The van der Waals surface area contributed by atoms with Crippen LogP contribution in [0.1, 0.15) is 25.0 Å². The Balaban J connectivity index is 1.37. The molecular weight excluding hydrogens is 296 g/mol. The normalized spacial score (nSPS) is 26.5. The fraction of sp³-hybridized carbons (Fsp3) is 0.500. The first kappa shape index (κ1) is 13.2. The maximum Gasteiger partial charge on any atom is 0.321 e. The molecule has 4 aliphatic heterocycles. The highest BCUT2D eigenvalue weighted by Gasteiger charge is 2.34. The van der Waals surface area contributed by atoms with Crippen molar-refractivity contribution in [2.75, 3.05) is 31.1 Å². The Hall–Kier alpha value is -2.28. The average molecular weight is 314 g/mol. The van der Waals surface area contributed by atoms with Gasteiger partial charge in [0.2, 0.25) is 0 Å². The van der Waals surface area contributed by atoms with Gasteiger partial charge in [0, 0.05) is 32.2 Å². The lowest BCUT2D eigenvalue weighted by Gasteiger charge is -2.29. The molecule has 6 rings (SSSR count). The first-order valence-electron chi connectivity index (χ1n) is 8.11. The number of nitrogens with zero attached hydrogens (tertiary/aromatic N) is 4. The SMILES string of the molecule is c1ccc2c(c1)OC(c1nnc(N3CCN4CCC3CC4)o1)O2. The van der Waals surface area contributed by atoms with E-state index in [1.54, 1.807) is 0 Å². The molecule has 5 heterocycles. The molecule has 1 aromatic carbocycles. The summed E-state index contributed by atoms with van der Waals surface area (Å²) in [4.78, 5) is 4.74. The number of hydrogen-bond acceptors (Lipinski definition) is 7. The van der Waals surface area contributed by atoms with Crippen LogP contribution in [0.4, 0.5) is 6.01 Å². The molecule has 1 aromatic heterocycles. The van der Waals surface area contributed by atoms with E-state index in [0.717, 1.165) is 39.0 Å². The van der Waals surface area contributed by atoms with Crippen LogP contribution in [0.5, 0.6) is 11.5 Å². The van der Waals surface area contributed by atoms with Gasteiger partial charge in [-0.05, 0) is 25.0 Å². The Kier molecular flexibility index (Phi) is 2.94. The van der Waals surface area contributed by atoms with E-state index in [0.29, 0.717) is 29.4 Å². The van der Waals surface area contributed by atoms with Crippen LogP contribution in [0.25, 0.3) is 0 Å². The Bertz CT molecular complexity index is 686. The molecular formula is C16H18N4O3. The van der Waals surface area contributed by atoms with Crippen LogP contribution >= 0.6 is 0 Å². The Morgan fingerprint density at radius 2 is 1.65 bits per heavy atom. The molecule has 0 unspecified atom stereocenters. The molecule has 4 aliphatic rings. The molecule has 0 amide bonds. The van der Waals surface area contributed by atoms with Crippen LogP contribution in [0.2, 0.25) is 0 Å². The minimum absolute atomic E-state index is 0.371. The van der Waals surface area contributed by atoms with Crippen molar-refractivity contribution in [2.24, 2.45) is 0 Å². The number of para-hydroxylation sites is 2. The van der Waals surface area contributed by atoms with Gasteiger partial charge in [0.05, 0.1) is 0 Å². The fourth-order valence-corrected chi connectivity index (χ4v) is 3.58. The number of fused-ring (bicyclic) bond motifs is 5. The molecule has 2 aromatic rings. The van der Waals surface area contributed by atoms with Gasteiger partial charge in [-0.25, -0.2) is 0 Å².